The summed E-state index contributed by atoms with van der Waals surface area (Å²) in [7, 11) is 0. The van der Waals surface area contributed by atoms with E-state index in [1.165, 1.54) is 11.1 Å². The van der Waals surface area contributed by atoms with Crippen molar-refractivity contribution in [1.82, 2.24) is 0 Å². The molecule has 1 N–H and O–H groups in total. The first-order valence-electron chi connectivity index (χ1n) is 7.26. The highest BCUT2D eigenvalue weighted by Crippen LogP contribution is 2.21. The van der Waals surface area contributed by atoms with E-state index < -0.39 is 0 Å². The summed E-state index contributed by atoms with van der Waals surface area (Å²) in [5, 5.41) is 3.50. The summed E-state index contributed by atoms with van der Waals surface area (Å²) in [6.07, 6.45) is 2.60. The van der Waals surface area contributed by atoms with E-state index in [4.69, 9.17) is 4.42 Å². The molecule has 0 spiro atoms. The van der Waals surface area contributed by atoms with Crippen LogP contribution in [0.1, 0.15) is 12.7 Å². The standard InChI is InChI=1S/C19H19NO/c1-15(14-19-8-5-13-21-19)20-18-11-9-17(10-12-18)16-6-3-2-4-7-16/h2-13,15,20H,14H2,1H3. The van der Waals surface area contributed by atoms with Gasteiger partial charge in [-0.25, -0.2) is 0 Å². The lowest BCUT2D eigenvalue weighted by Gasteiger charge is -2.14. The van der Waals surface area contributed by atoms with E-state index in [0.29, 0.717) is 6.04 Å². The van der Waals surface area contributed by atoms with Crippen LogP contribution in [0.4, 0.5) is 5.69 Å². The van der Waals surface area contributed by atoms with Crippen LogP contribution in [0.5, 0.6) is 0 Å². The molecule has 1 unspecified atom stereocenters. The van der Waals surface area contributed by atoms with Gasteiger partial charge in [0.25, 0.3) is 0 Å². The van der Waals surface area contributed by atoms with Crippen LogP contribution in [0.25, 0.3) is 11.1 Å². The van der Waals surface area contributed by atoms with Crippen LogP contribution in [0.2, 0.25) is 0 Å². The normalized spacial score (nSPS) is 12.0. The van der Waals surface area contributed by atoms with E-state index in [0.717, 1.165) is 17.9 Å². The fraction of sp³-hybridized carbons (Fsp3) is 0.158. The molecule has 106 valence electrons. The van der Waals surface area contributed by atoms with Gasteiger partial charge < -0.3 is 9.73 Å². The van der Waals surface area contributed by atoms with Gasteiger partial charge in [0.2, 0.25) is 0 Å². The monoisotopic (exact) mass is 277 g/mol. The predicted molar refractivity (Wildman–Crippen MR) is 87.4 cm³/mol. The maximum Gasteiger partial charge on any atom is 0.105 e. The minimum absolute atomic E-state index is 0.332. The van der Waals surface area contributed by atoms with Crippen molar-refractivity contribution in [2.45, 2.75) is 19.4 Å². The van der Waals surface area contributed by atoms with Gasteiger partial charge in [-0.1, -0.05) is 42.5 Å². The molecule has 1 heterocycles. The molecule has 21 heavy (non-hydrogen) atoms. The van der Waals surface area contributed by atoms with E-state index in [1.807, 2.05) is 18.2 Å². The molecule has 2 nitrogen and oxygen atoms in total. The average Bonchev–Trinajstić information content (AvgIpc) is 3.02. The van der Waals surface area contributed by atoms with E-state index in [-0.39, 0.29) is 0 Å². The van der Waals surface area contributed by atoms with Gasteiger partial charge in [0.1, 0.15) is 5.76 Å². The Hall–Kier alpha value is -2.48. The van der Waals surface area contributed by atoms with Crippen LogP contribution in [-0.4, -0.2) is 6.04 Å². The molecule has 3 rings (SSSR count). The molecule has 3 aromatic rings. The van der Waals surface area contributed by atoms with Gasteiger partial charge >= 0.3 is 0 Å². The number of anilines is 1. The van der Waals surface area contributed by atoms with Crippen molar-refractivity contribution >= 4 is 5.69 Å². The first kappa shape index (κ1) is 13.5. The highest BCUT2D eigenvalue weighted by atomic mass is 16.3. The second kappa shape index (κ2) is 6.31. The number of nitrogens with one attached hydrogen (secondary N) is 1. The number of furan rings is 1. The second-order valence-corrected chi connectivity index (χ2v) is 5.27. The summed E-state index contributed by atoms with van der Waals surface area (Å²) in [5.74, 6) is 1.01. The zero-order valence-corrected chi connectivity index (χ0v) is 12.1. The Balaban J connectivity index is 1.64. The summed E-state index contributed by atoms with van der Waals surface area (Å²) in [4.78, 5) is 0. The lowest BCUT2D eigenvalue weighted by molar-refractivity contribution is 0.498. The molecule has 0 saturated carbocycles. The maximum absolute atomic E-state index is 5.38. The Morgan fingerprint density at radius 3 is 2.24 bits per heavy atom. The molecule has 0 saturated heterocycles. The molecule has 0 bridgehead atoms. The highest BCUT2D eigenvalue weighted by Gasteiger charge is 2.05. The summed E-state index contributed by atoms with van der Waals surface area (Å²) in [6, 6.07) is 23.2. The van der Waals surface area contributed by atoms with Crippen molar-refractivity contribution in [3.63, 3.8) is 0 Å². The molecule has 2 aromatic carbocycles. The molecule has 0 aliphatic heterocycles. The molecule has 0 radical (unpaired) electrons. The number of benzene rings is 2. The van der Waals surface area contributed by atoms with Crippen LogP contribution >= 0.6 is 0 Å². The maximum atomic E-state index is 5.38. The molecule has 1 atom stereocenters. The summed E-state index contributed by atoms with van der Waals surface area (Å²) in [5.41, 5.74) is 3.61. The fourth-order valence-electron chi connectivity index (χ4n) is 2.46. The lowest BCUT2D eigenvalue weighted by atomic mass is 10.1. The molecule has 2 heteroatoms. The van der Waals surface area contributed by atoms with Crippen LogP contribution in [0.3, 0.4) is 0 Å². The quantitative estimate of drug-likeness (QED) is 0.710. The summed E-state index contributed by atoms with van der Waals surface area (Å²) in [6.45, 7) is 2.16. The van der Waals surface area contributed by atoms with Crippen molar-refractivity contribution in [3.05, 3.63) is 78.8 Å². The number of hydrogen-bond donors (Lipinski definition) is 1. The first-order valence-corrected chi connectivity index (χ1v) is 7.26. The Kier molecular flexibility index (Phi) is 4.06. The third-order valence-electron chi connectivity index (χ3n) is 3.49. The van der Waals surface area contributed by atoms with Crippen molar-refractivity contribution in [3.8, 4) is 11.1 Å². The summed E-state index contributed by atoms with van der Waals surface area (Å²) < 4.78 is 5.38. The van der Waals surface area contributed by atoms with Gasteiger partial charge in [-0.3, -0.25) is 0 Å². The predicted octanol–water partition coefficient (Wildman–Crippen LogP) is 4.99. The van der Waals surface area contributed by atoms with Gasteiger partial charge in [0.15, 0.2) is 0 Å². The zero-order chi connectivity index (χ0) is 14.5. The third kappa shape index (κ3) is 3.54. The summed E-state index contributed by atoms with van der Waals surface area (Å²) >= 11 is 0. The molecule has 0 amide bonds. The Labute approximate surface area is 125 Å². The fourth-order valence-corrected chi connectivity index (χ4v) is 2.46. The number of hydrogen-bond acceptors (Lipinski definition) is 2. The van der Waals surface area contributed by atoms with E-state index in [1.54, 1.807) is 6.26 Å². The number of rotatable bonds is 5. The van der Waals surface area contributed by atoms with Crippen LogP contribution in [-0.2, 0) is 6.42 Å². The van der Waals surface area contributed by atoms with Crippen LogP contribution < -0.4 is 5.32 Å². The van der Waals surface area contributed by atoms with E-state index in [9.17, 15) is 0 Å². The highest BCUT2D eigenvalue weighted by molar-refractivity contribution is 5.65. The van der Waals surface area contributed by atoms with Gasteiger partial charge in [0.05, 0.1) is 6.26 Å². The SMILES string of the molecule is CC(Cc1ccco1)Nc1ccc(-c2ccccc2)cc1. The van der Waals surface area contributed by atoms with Crippen LogP contribution in [0.15, 0.2) is 77.4 Å². The smallest absolute Gasteiger partial charge is 0.105 e. The third-order valence-corrected chi connectivity index (χ3v) is 3.49. The van der Waals surface area contributed by atoms with E-state index >= 15 is 0 Å². The average molecular weight is 277 g/mol. The van der Waals surface area contributed by atoms with Crippen molar-refractivity contribution in [2.24, 2.45) is 0 Å². The second-order valence-electron chi connectivity index (χ2n) is 5.27. The topological polar surface area (TPSA) is 25.2 Å². The van der Waals surface area contributed by atoms with Crippen molar-refractivity contribution < 1.29 is 4.42 Å². The lowest BCUT2D eigenvalue weighted by Crippen LogP contribution is -2.17. The van der Waals surface area contributed by atoms with Crippen molar-refractivity contribution in [1.29, 1.82) is 0 Å². The molecule has 0 fully saturated rings. The van der Waals surface area contributed by atoms with Gasteiger partial charge in [-0.2, -0.15) is 0 Å². The largest absolute Gasteiger partial charge is 0.469 e. The first-order chi connectivity index (χ1) is 10.3. The molecule has 0 aliphatic rings. The van der Waals surface area contributed by atoms with Gasteiger partial charge in [0, 0.05) is 18.2 Å². The Morgan fingerprint density at radius 1 is 0.857 bits per heavy atom. The molecular weight excluding hydrogens is 258 g/mol. The zero-order valence-electron chi connectivity index (χ0n) is 12.1. The van der Waals surface area contributed by atoms with Crippen molar-refractivity contribution in [2.75, 3.05) is 5.32 Å². The van der Waals surface area contributed by atoms with Gasteiger partial charge in [-0.05, 0) is 42.3 Å². The Morgan fingerprint density at radius 2 is 1.57 bits per heavy atom. The van der Waals surface area contributed by atoms with E-state index in [2.05, 4.69) is 60.8 Å². The van der Waals surface area contributed by atoms with Crippen LogP contribution in [0, 0.1) is 0 Å². The molecular formula is C19H19NO. The minimum Gasteiger partial charge on any atom is -0.469 e. The van der Waals surface area contributed by atoms with Gasteiger partial charge in [-0.15, -0.1) is 0 Å². The molecule has 1 aromatic heterocycles. The molecule has 0 aliphatic carbocycles. The minimum atomic E-state index is 0.332. The Bertz CT molecular complexity index is 657.